The molecular weight excluding hydrogens is 290 g/mol. The van der Waals surface area contributed by atoms with Crippen molar-refractivity contribution in [3.05, 3.63) is 0 Å². The summed E-state index contributed by atoms with van der Waals surface area (Å²) in [6.45, 7) is 3.43. The molecule has 0 saturated carbocycles. The van der Waals surface area contributed by atoms with Crippen molar-refractivity contribution in [1.29, 1.82) is 0 Å². The molecule has 3 rings (SSSR count). The summed E-state index contributed by atoms with van der Waals surface area (Å²) in [4.78, 5) is 16.2. The maximum Gasteiger partial charge on any atom is 0.236 e. The minimum atomic E-state index is -2.94. The average Bonchev–Trinajstić information content (AvgIpc) is 3.00. The Morgan fingerprint density at radius 1 is 1.33 bits per heavy atom. The highest BCUT2D eigenvalue weighted by molar-refractivity contribution is 7.91. The molecule has 0 aliphatic carbocycles. The van der Waals surface area contributed by atoms with Crippen molar-refractivity contribution in [2.45, 2.75) is 31.3 Å². The summed E-state index contributed by atoms with van der Waals surface area (Å²) in [7, 11) is -1.19. The fourth-order valence-electron chi connectivity index (χ4n) is 3.85. The lowest BCUT2D eigenvalue weighted by Gasteiger charge is -2.26. The fourth-order valence-corrected chi connectivity index (χ4v) is 5.63. The Morgan fingerprint density at radius 3 is 2.81 bits per heavy atom. The number of fused-ring (bicyclic) bond motifs is 1. The molecular formula is C14H25N3O3S. The number of amides is 1. The normalized spacial score (nSPS) is 35.6. The van der Waals surface area contributed by atoms with E-state index in [-0.39, 0.29) is 23.5 Å². The molecule has 1 amide bonds. The van der Waals surface area contributed by atoms with Gasteiger partial charge < -0.3 is 10.2 Å². The maximum atomic E-state index is 12.4. The first-order chi connectivity index (χ1) is 9.94. The molecule has 0 aromatic rings. The van der Waals surface area contributed by atoms with Crippen LogP contribution in [0.2, 0.25) is 0 Å². The van der Waals surface area contributed by atoms with Crippen molar-refractivity contribution in [3.8, 4) is 0 Å². The predicted molar refractivity (Wildman–Crippen MR) is 80.8 cm³/mol. The number of likely N-dealkylation sites (N-methyl/N-ethyl adjacent to an activating group) is 1. The summed E-state index contributed by atoms with van der Waals surface area (Å²) in [6, 6.07) is 0.397. The van der Waals surface area contributed by atoms with E-state index in [1.165, 1.54) is 12.8 Å². The summed E-state index contributed by atoms with van der Waals surface area (Å²) in [5, 5.41) is 3.53. The van der Waals surface area contributed by atoms with Gasteiger partial charge in [-0.05, 0) is 31.7 Å². The molecule has 120 valence electrons. The van der Waals surface area contributed by atoms with E-state index in [9.17, 15) is 13.2 Å². The lowest BCUT2D eigenvalue weighted by atomic mass is 9.94. The number of piperidine rings is 1. The van der Waals surface area contributed by atoms with E-state index in [0.717, 1.165) is 19.6 Å². The summed E-state index contributed by atoms with van der Waals surface area (Å²) >= 11 is 0. The van der Waals surface area contributed by atoms with E-state index in [2.05, 4.69) is 10.2 Å². The van der Waals surface area contributed by atoms with Crippen molar-refractivity contribution in [2.24, 2.45) is 5.92 Å². The number of nitrogens with one attached hydrogen (secondary N) is 1. The van der Waals surface area contributed by atoms with Crippen LogP contribution >= 0.6 is 0 Å². The highest BCUT2D eigenvalue weighted by atomic mass is 32.2. The molecule has 3 fully saturated rings. The summed E-state index contributed by atoms with van der Waals surface area (Å²) in [5.74, 6) is 1.06. The Morgan fingerprint density at radius 2 is 2.14 bits per heavy atom. The van der Waals surface area contributed by atoms with Crippen LogP contribution in [0.15, 0.2) is 0 Å². The van der Waals surface area contributed by atoms with Crippen LogP contribution in [0.3, 0.4) is 0 Å². The molecule has 21 heavy (non-hydrogen) atoms. The second kappa shape index (κ2) is 5.85. The van der Waals surface area contributed by atoms with E-state index in [1.807, 2.05) is 0 Å². The monoisotopic (exact) mass is 315 g/mol. The Balaban J connectivity index is 1.52. The minimum Gasteiger partial charge on any atom is -0.341 e. The predicted octanol–water partition coefficient (Wildman–Crippen LogP) is -0.684. The van der Waals surface area contributed by atoms with E-state index in [4.69, 9.17) is 0 Å². The molecule has 0 bridgehead atoms. The third-order valence-electron chi connectivity index (χ3n) is 5.18. The number of likely N-dealkylation sites (tertiary alicyclic amines) is 1. The first kappa shape index (κ1) is 15.2. The van der Waals surface area contributed by atoms with Gasteiger partial charge in [-0.25, -0.2) is 8.42 Å². The Hall–Kier alpha value is -0.660. The van der Waals surface area contributed by atoms with Gasteiger partial charge in [0.1, 0.15) is 0 Å². The van der Waals surface area contributed by atoms with Crippen molar-refractivity contribution < 1.29 is 13.2 Å². The molecule has 7 heteroatoms. The SMILES string of the molecule is CN(C(=O)CN1CC2CCCNC2C1)C1CCS(=O)(=O)C1. The van der Waals surface area contributed by atoms with E-state index < -0.39 is 9.84 Å². The summed E-state index contributed by atoms with van der Waals surface area (Å²) < 4.78 is 23.1. The van der Waals surface area contributed by atoms with Gasteiger partial charge in [-0.2, -0.15) is 0 Å². The molecule has 3 heterocycles. The second-order valence-electron chi connectivity index (χ2n) is 6.72. The fraction of sp³-hybridized carbons (Fsp3) is 0.929. The maximum absolute atomic E-state index is 12.4. The number of carbonyl (C=O) groups is 1. The Labute approximate surface area is 126 Å². The van der Waals surface area contributed by atoms with Crippen LogP contribution in [0.5, 0.6) is 0 Å². The van der Waals surface area contributed by atoms with Crippen LogP contribution in [-0.2, 0) is 14.6 Å². The average molecular weight is 315 g/mol. The lowest BCUT2D eigenvalue weighted by Crippen LogP contribution is -2.44. The molecule has 3 aliphatic heterocycles. The molecule has 0 radical (unpaired) electrons. The smallest absolute Gasteiger partial charge is 0.236 e. The van der Waals surface area contributed by atoms with Crippen molar-refractivity contribution in [3.63, 3.8) is 0 Å². The van der Waals surface area contributed by atoms with Gasteiger partial charge in [0, 0.05) is 32.2 Å². The zero-order valence-electron chi connectivity index (χ0n) is 12.6. The van der Waals surface area contributed by atoms with Crippen LogP contribution in [-0.4, -0.2) is 80.9 Å². The molecule has 0 spiro atoms. The van der Waals surface area contributed by atoms with Crippen LogP contribution in [0.4, 0.5) is 0 Å². The van der Waals surface area contributed by atoms with Crippen LogP contribution < -0.4 is 5.32 Å². The van der Waals surface area contributed by atoms with Crippen LogP contribution in [0.25, 0.3) is 0 Å². The van der Waals surface area contributed by atoms with Gasteiger partial charge >= 0.3 is 0 Å². The van der Waals surface area contributed by atoms with E-state index in [0.29, 0.717) is 24.9 Å². The minimum absolute atomic E-state index is 0.0516. The number of sulfone groups is 1. The largest absolute Gasteiger partial charge is 0.341 e. The quantitative estimate of drug-likeness (QED) is 0.747. The van der Waals surface area contributed by atoms with Gasteiger partial charge in [-0.1, -0.05) is 0 Å². The first-order valence-corrected chi connectivity index (χ1v) is 9.68. The molecule has 1 N–H and O–H groups in total. The van der Waals surface area contributed by atoms with Crippen molar-refractivity contribution in [1.82, 2.24) is 15.1 Å². The van der Waals surface area contributed by atoms with Gasteiger partial charge in [0.05, 0.1) is 18.1 Å². The molecule has 0 aromatic carbocycles. The van der Waals surface area contributed by atoms with Gasteiger partial charge in [0.15, 0.2) is 9.84 Å². The van der Waals surface area contributed by atoms with E-state index >= 15 is 0 Å². The molecule has 3 atom stereocenters. The summed E-state index contributed by atoms with van der Waals surface area (Å²) in [5.41, 5.74) is 0. The van der Waals surface area contributed by atoms with Crippen molar-refractivity contribution in [2.75, 3.05) is 44.7 Å². The van der Waals surface area contributed by atoms with Crippen LogP contribution in [0, 0.1) is 5.92 Å². The number of nitrogens with zero attached hydrogens (tertiary/aromatic N) is 2. The number of hydrogen-bond donors (Lipinski definition) is 1. The topological polar surface area (TPSA) is 69.7 Å². The molecule has 6 nitrogen and oxygen atoms in total. The Bertz CT molecular complexity index is 494. The first-order valence-electron chi connectivity index (χ1n) is 7.86. The standard InChI is InChI=1S/C14H25N3O3S/c1-16(12-4-6-21(19,20)10-12)14(18)9-17-7-11-3-2-5-15-13(11)8-17/h11-13,15H,2-10H2,1H3. The van der Waals surface area contributed by atoms with Crippen molar-refractivity contribution >= 4 is 15.7 Å². The Kier molecular flexibility index (Phi) is 4.25. The highest BCUT2D eigenvalue weighted by Crippen LogP contribution is 2.25. The molecule has 0 aromatic heterocycles. The highest BCUT2D eigenvalue weighted by Gasteiger charge is 2.37. The van der Waals surface area contributed by atoms with Gasteiger partial charge in [-0.15, -0.1) is 0 Å². The van der Waals surface area contributed by atoms with Gasteiger partial charge in [0.25, 0.3) is 0 Å². The number of carbonyl (C=O) groups excluding carboxylic acids is 1. The van der Waals surface area contributed by atoms with E-state index in [1.54, 1.807) is 11.9 Å². The number of rotatable bonds is 3. The third-order valence-corrected chi connectivity index (χ3v) is 6.93. The molecule has 3 unspecified atom stereocenters. The molecule has 3 saturated heterocycles. The van der Waals surface area contributed by atoms with Gasteiger partial charge in [0.2, 0.25) is 5.91 Å². The zero-order valence-corrected chi connectivity index (χ0v) is 13.4. The lowest BCUT2D eigenvalue weighted by molar-refractivity contribution is -0.132. The van der Waals surface area contributed by atoms with Gasteiger partial charge in [-0.3, -0.25) is 9.69 Å². The molecule has 3 aliphatic rings. The number of hydrogen-bond acceptors (Lipinski definition) is 5. The second-order valence-corrected chi connectivity index (χ2v) is 8.95. The zero-order chi connectivity index (χ0) is 15.0. The van der Waals surface area contributed by atoms with Crippen LogP contribution in [0.1, 0.15) is 19.3 Å². The third kappa shape index (κ3) is 3.40. The summed E-state index contributed by atoms with van der Waals surface area (Å²) in [6.07, 6.45) is 3.05.